The molecule has 0 saturated carbocycles. The van der Waals surface area contributed by atoms with Gasteiger partial charge in [-0.1, -0.05) is 20.8 Å². The molecule has 0 spiro atoms. The Morgan fingerprint density at radius 1 is 0.958 bits per heavy atom. The van der Waals surface area contributed by atoms with Gasteiger partial charge in [0, 0.05) is 0 Å². The zero-order chi connectivity index (χ0) is 17.0. The summed E-state index contributed by atoms with van der Waals surface area (Å²) < 4.78 is 44.1. The first kappa shape index (κ1) is 30.8. The smallest absolute Gasteiger partial charge is 0.726 e. The van der Waals surface area contributed by atoms with Crippen LogP contribution in [-0.4, -0.2) is 26.2 Å². The van der Waals surface area contributed by atoms with Crippen molar-refractivity contribution in [1.29, 1.82) is 0 Å². The van der Waals surface area contributed by atoms with E-state index in [-0.39, 0.29) is 71.6 Å². The summed E-state index contributed by atoms with van der Waals surface area (Å²) in [4.78, 5) is 0. The van der Waals surface area contributed by atoms with E-state index in [9.17, 15) is 18.2 Å². The number of hydrogen-bond donors (Lipinski definition) is 0. The molecule has 0 bridgehead atoms. The predicted octanol–water partition coefficient (Wildman–Crippen LogP) is -4.26. The van der Waals surface area contributed by atoms with E-state index in [1.54, 1.807) is 0 Å². The summed E-state index contributed by atoms with van der Waals surface area (Å²) in [5, 5.41) is 12.7. The maximum absolute atomic E-state index is 10.3. The SMILES string of the molecule is CC(CCOSOO[O-])CC(C)CC(C)CCOS(=O)(=O)[O-].[Na+].[Na+]. The molecule has 0 saturated heterocycles. The molecule has 0 rings (SSSR count). The Morgan fingerprint density at radius 3 is 1.92 bits per heavy atom. The molecule has 12 heteroatoms. The third kappa shape index (κ3) is 22.1. The minimum atomic E-state index is -4.59. The molecule has 0 aromatic carbocycles. The van der Waals surface area contributed by atoms with E-state index in [1.165, 1.54) is 0 Å². The topological polar surface area (TPSA) is 117 Å². The van der Waals surface area contributed by atoms with Crippen molar-refractivity contribution in [3.05, 3.63) is 0 Å². The van der Waals surface area contributed by atoms with Gasteiger partial charge in [0.2, 0.25) is 10.4 Å². The Labute approximate surface area is 193 Å². The van der Waals surface area contributed by atoms with Gasteiger partial charge in [-0.2, -0.15) is 0 Å². The third-order valence-corrected chi connectivity index (χ3v) is 4.07. The monoisotopic (exact) mass is 406 g/mol. The molecule has 0 radical (unpaired) electrons. The molecule has 0 N–H and O–H groups in total. The van der Waals surface area contributed by atoms with E-state index in [1.807, 2.05) is 6.92 Å². The average Bonchev–Trinajstić information content (AvgIpc) is 2.36. The van der Waals surface area contributed by atoms with E-state index >= 15 is 0 Å². The first-order chi connectivity index (χ1) is 10.2. The van der Waals surface area contributed by atoms with Crippen molar-refractivity contribution in [2.45, 2.75) is 46.5 Å². The summed E-state index contributed by atoms with van der Waals surface area (Å²) in [6, 6.07) is 0. The van der Waals surface area contributed by atoms with Crippen LogP contribution in [0.1, 0.15) is 46.5 Å². The van der Waals surface area contributed by atoms with Gasteiger partial charge in [0.1, 0.15) is 0 Å². The molecular weight excluding hydrogens is 382 g/mol. The second-order valence-electron chi connectivity index (χ2n) is 5.62. The quantitative estimate of drug-likeness (QED) is 0.0538. The van der Waals surface area contributed by atoms with Gasteiger partial charge in [0.15, 0.2) is 12.3 Å². The van der Waals surface area contributed by atoms with Crippen molar-refractivity contribution in [3.8, 4) is 0 Å². The molecule has 0 aliphatic heterocycles. The summed E-state index contributed by atoms with van der Waals surface area (Å²) in [7, 11) is -4.59. The van der Waals surface area contributed by atoms with Gasteiger partial charge in [0.25, 0.3) is 0 Å². The molecule has 3 atom stereocenters. The Morgan fingerprint density at radius 2 is 1.46 bits per heavy atom. The molecule has 0 aromatic rings. The summed E-state index contributed by atoms with van der Waals surface area (Å²) >= 11 is 0.513. The third-order valence-electron chi connectivity index (χ3n) is 3.25. The largest absolute Gasteiger partial charge is 1.00 e. The van der Waals surface area contributed by atoms with Crippen molar-refractivity contribution in [3.63, 3.8) is 0 Å². The van der Waals surface area contributed by atoms with Gasteiger partial charge in [-0.25, -0.2) is 8.42 Å². The summed E-state index contributed by atoms with van der Waals surface area (Å²) in [6.45, 7) is 6.62. The Kier molecular flexibility index (Phi) is 23.6. The molecule has 0 fully saturated rings. The van der Waals surface area contributed by atoms with E-state index in [0.717, 1.165) is 19.3 Å². The standard InChI is InChI=1S/C12H26O8S2.2Na/c1-10(4-6-17-21-20-19-13)8-12(3)9-11(2)5-7-18-22(14,15)16;;/h10-13H,4-9H2,1-3H3,(H,14,15,16);;/q;2*+1/p-2. The van der Waals surface area contributed by atoms with Crippen LogP contribution in [0.25, 0.3) is 0 Å². The van der Waals surface area contributed by atoms with E-state index < -0.39 is 10.4 Å². The van der Waals surface area contributed by atoms with Crippen LogP contribution in [0.2, 0.25) is 0 Å². The molecule has 24 heavy (non-hydrogen) atoms. The van der Waals surface area contributed by atoms with Gasteiger partial charge in [-0.05, 0) is 43.4 Å². The molecular formula is C12H24Na2O8S2. The second kappa shape index (κ2) is 18.4. The predicted molar refractivity (Wildman–Crippen MR) is 77.3 cm³/mol. The zero-order valence-corrected chi connectivity index (χ0v) is 20.7. The molecule has 3 unspecified atom stereocenters. The van der Waals surface area contributed by atoms with Crippen LogP contribution in [0.3, 0.4) is 0 Å². The van der Waals surface area contributed by atoms with Gasteiger partial charge in [0.05, 0.1) is 13.2 Å². The van der Waals surface area contributed by atoms with Crippen molar-refractivity contribution >= 4 is 22.7 Å². The molecule has 0 aliphatic rings. The Hall–Kier alpha value is 2.06. The fourth-order valence-corrected chi connectivity index (χ4v) is 2.90. The fraction of sp³-hybridized carbons (Fsp3) is 1.00. The summed E-state index contributed by atoms with van der Waals surface area (Å²) in [5.41, 5.74) is 0. The summed E-state index contributed by atoms with van der Waals surface area (Å²) in [6.07, 6.45) is 3.28. The molecule has 0 aromatic heterocycles. The van der Waals surface area contributed by atoms with Crippen LogP contribution in [-0.2, 0) is 28.1 Å². The molecule has 0 aliphatic carbocycles. The first-order valence-corrected chi connectivity index (χ1v) is 9.09. The van der Waals surface area contributed by atoms with Crippen LogP contribution in [0.5, 0.6) is 0 Å². The van der Waals surface area contributed by atoms with Gasteiger partial charge >= 0.3 is 59.1 Å². The summed E-state index contributed by atoms with van der Waals surface area (Å²) in [5.74, 6) is 1.18. The minimum Gasteiger partial charge on any atom is -0.726 e. The van der Waals surface area contributed by atoms with Crippen LogP contribution in [0.15, 0.2) is 0 Å². The second-order valence-corrected chi connectivity index (χ2v) is 7.18. The Bertz CT molecular complexity index is 372. The van der Waals surface area contributed by atoms with Gasteiger partial charge in [-0.3, -0.25) is 13.4 Å². The average molecular weight is 406 g/mol. The first-order valence-electron chi connectivity index (χ1n) is 7.09. The molecule has 0 amide bonds. The van der Waals surface area contributed by atoms with Crippen molar-refractivity contribution in [2.24, 2.45) is 17.8 Å². The fourth-order valence-electron chi connectivity index (χ4n) is 2.37. The van der Waals surface area contributed by atoms with Crippen LogP contribution < -0.4 is 64.4 Å². The van der Waals surface area contributed by atoms with Crippen LogP contribution in [0.4, 0.5) is 0 Å². The van der Waals surface area contributed by atoms with Crippen LogP contribution in [0, 0.1) is 17.8 Å². The minimum absolute atomic E-state index is 0. The molecule has 134 valence electrons. The number of rotatable bonds is 14. The molecule has 8 nitrogen and oxygen atoms in total. The van der Waals surface area contributed by atoms with Crippen molar-refractivity contribution in [1.82, 2.24) is 0 Å². The normalized spacial score (nSPS) is 15.0. The Balaban J connectivity index is -0.00000220. The van der Waals surface area contributed by atoms with Gasteiger partial charge in [-0.15, -0.1) is 4.33 Å². The van der Waals surface area contributed by atoms with Crippen molar-refractivity contribution < 1.29 is 95.1 Å². The maximum atomic E-state index is 10.3. The molecule has 0 heterocycles. The van der Waals surface area contributed by atoms with E-state index in [0.29, 0.717) is 37.2 Å². The maximum Gasteiger partial charge on any atom is 1.00 e. The van der Waals surface area contributed by atoms with Gasteiger partial charge < -0.3 is 9.81 Å². The van der Waals surface area contributed by atoms with E-state index in [2.05, 4.69) is 27.4 Å². The number of hydrogen-bond acceptors (Lipinski definition) is 9. The van der Waals surface area contributed by atoms with Crippen molar-refractivity contribution in [2.75, 3.05) is 13.2 Å². The van der Waals surface area contributed by atoms with E-state index in [4.69, 9.17) is 4.18 Å². The zero-order valence-electron chi connectivity index (χ0n) is 15.1. The van der Waals surface area contributed by atoms with Crippen LogP contribution >= 0.6 is 12.3 Å².